The van der Waals surface area contributed by atoms with Crippen molar-refractivity contribution in [1.82, 2.24) is 9.88 Å². The molecular weight excluding hydrogens is 456 g/mol. The third-order valence-corrected chi connectivity index (χ3v) is 6.98. The summed E-state index contributed by atoms with van der Waals surface area (Å²) in [5.41, 5.74) is 3.62. The summed E-state index contributed by atoms with van der Waals surface area (Å²) >= 11 is 0. The fourth-order valence-electron chi connectivity index (χ4n) is 5.23. The van der Waals surface area contributed by atoms with E-state index in [1.807, 2.05) is 31.3 Å². The second-order valence-electron chi connectivity index (χ2n) is 9.19. The molecule has 1 N–H and O–H groups in total. The summed E-state index contributed by atoms with van der Waals surface area (Å²) in [6.07, 6.45) is 8.58. The summed E-state index contributed by atoms with van der Waals surface area (Å²) in [5, 5.41) is 11.0. The molecule has 2 aromatic carbocycles. The number of pyridine rings is 1. The molecule has 2 aliphatic heterocycles. The summed E-state index contributed by atoms with van der Waals surface area (Å²) in [6, 6.07) is 11.4. The van der Waals surface area contributed by atoms with E-state index in [4.69, 9.17) is 14.2 Å². The Hall–Kier alpha value is -3.84. The topological polar surface area (TPSA) is 81.1 Å². The number of allylic oxidation sites excluding steroid dienone is 1. The molecule has 7 nitrogen and oxygen atoms in total. The number of aromatic nitrogens is 1. The van der Waals surface area contributed by atoms with Crippen molar-refractivity contribution in [3.05, 3.63) is 82.4 Å². The first kappa shape index (κ1) is 23.9. The lowest BCUT2D eigenvalue weighted by Gasteiger charge is -2.36. The minimum atomic E-state index is -0.212. The van der Waals surface area contributed by atoms with Crippen LogP contribution in [0.5, 0.6) is 23.0 Å². The SMILES string of the molecule is COc1cccc(/C=C2\Oc3c(CN4CCCC[C@H]4c4cccnc4)c(O)cc(C)c3C2=O)c1OC. The van der Waals surface area contributed by atoms with Crippen LogP contribution in [0.15, 0.2) is 54.6 Å². The Morgan fingerprint density at radius 2 is 2.06 bits per heavy atom. The second-order valence-corrected chi connectivity index (χ2v) is 9.19. The standard InChI is InChI=1S/C29H30N2O5/c1-18-14-23(32)21(17-31-13-5-4-10-22(31)20-9-7-12-30-16-20)29-26(18)27(33)25(36-29)15-19-8-6-11-24(34-2)28(19)35-3/h6-9,11-12,14-16,22,32H,4-5,10,13,17H2,1-3H3/b25-15-/t22-/m0/s1. The van der Waals surface area contributed by atoms with Gasteiger partial charge in [-0.15, -0.1) is 0 Å². The van der Waals surface area contributed by atoms with Gasteiger partial charge in [0.15, 0.2) is 17.3 Å². The number of piperidine rings is 1. The van der Waals surface area contributed by atoms with E-state index in [1.54, 1.807) is 38.6 Å². The maximum absolute atomic E-state index is 13.4. The fraction of sp³-hybridized carbons (Fsp3) is 0.310. The number of aromatic hydroxyl groups is 1. The van der Waals surface area contributed by atoms with Gasteiger partial charge in [0.1, 0.15) is 11.5 Å². The van der Waals surface area contributed by atoms with E-state index in [-0.39, 0.29) is 23.3 Å². The van der Waals surface area contributed by atoms with Crippen molar-refractivity contribution in [3.63, 3.8) is 0 Å². The minimum absolute atomic E-state index is 0.134. The van der Waals surface area contributed by atoms with Crippen LogP contribution in [0.1, 0.15) is 57.9 Å². The van der Waals surface area contributed by atoms with E-state index in [2.05, 4.69) is 16.0 Å². The van der Waals surface area contributed by atoms with Crippen LogP contribution in [0.2, 0.25) is 0 Å². The second kappa shape index (κ2) is 10.0. The maximum Gasteiger partial charge on any atom is 0.232 e. The summed E-state index contributed by atoms with van der Waals surface area (Å²) in [6.45, 7) is 3.17. The molecule has 0 saturated carbocycles. The number of phenolic OH excluding ortho intramolecular Hbond substituents is 1. The van der Waals surface area contributed by atoms with E-state index in [1.165, 1.54) is 0 Å². The monoisotopic (exact) mass is 486 g/mol. The zero-order valence-electron chi connectivity index (χ0n) is 20.8. The van der Waals surface area contributed by atoms with Gasteiger partial charge in [-0.1, -0.05) is 24.6 Å². The highest BCUT2D eigenvalue weighted by Gasteiger charge is 2.35. The summed E-state index contributed by atoms with van der Waals surface area (Å²) in [5.74, 6) is 1.63. The van der Waals surface area contributed by atoms with Gasteiger partial charge in [0.25, 0.3) is 0 Å². The van der Waals surface area contributed by atoms with Crippen molar-refractivity contribution in [2.24, 2.45) is 0 Å². The zero-order valence-corrected chi connectivity index (χ0v) is 20.8. The molecule has 5 rings (SSSR count). The zero-order chi connectivity index (χ0) is 25.2. The van der Waals surface area contributed by atoms with E-state index in [0.29, 0.717) is 46.0 Å². The molecule has 0 aliphatic carbocycles. The number of nitrogens with zero attached hydrogens (tertiary/aromatic N) is 2. The Labute approximate surface area is 210 Å². The highest BCUT2D eigenvalue weighted by molar-refractivity contribution is 6.16. The van der Waals surface area contributed by atoms with Gasteiger partial charge >= 0.3 is 0 Å². The normalized spacial score (nSPS) is 18.7. The molecule has 0 bridgehead atoms. The largest absolute Gasteiger partial charge is 0.507 e. The molecule has 36 heavy (non-hydrogen) atoms. The minimum Gasteiger partial charge on any atom is -0.507 e. The van der Waals surface area contributed by atoms with Gasteiger partial charge in [0.2, 0.25) is 5.78 Å². The Kier molecular flexibility index (Phi) is 6.65. The average molecular weight is 487 g/mol. The Morgan fingerprint density at radius 1 is 1.19 bits per heavy atom. The highest BCUT2D eigenvalue weighted by atomic mass is 16.5. The molecule has 7 heteroatoms. The summed E-state index contributed by atoms with van der Waals surface area (Å²) in [7, 11) is 3.13. The molecule has 1 atom stereocenters. The van der Waals surface area contributed by atoms with Crippen LogP contribution in [-0.4, -0.2) is 41.5 Å². The third-order valence-electron chi connectivity index (χ3n) is 6.98. The van der Waals surface area contributed by atoms with E-state index in [9.17, 15) is 9.90 Å². The van der Waals surface area contributed by atoms with Gasteiger partial charge in [-0.05, 0) is 61.7 Å². The number of ketones is 1. The number of aryl methyl sites for hydroxylation is 1. The number of para-hydroxylation sites is 1. The number of likely N-dealkylation sites (tertiary alicyclic amines) is 1. The molecule has 3 heterocycles. The molecule has 186 valence electrons. The van der Waals surface area contributed by atoms with Crippen LogP contribution in [0.25, 0.3) is 6.08 Å². The number of methoxy groups -OCH3 is 2. The first-order valence-electron chi connectivity index (χ1n) is 12.2. The van der Waals surface area contributed by atoms with Crippen molar-refractivity contribution in [2.45, 2.75) is 38.8 Å². The lowest BCUT2D eigenvalue weighted by Crippen LogP contribution is -2.33. The van der Waals surface area contributed by atoms with Gasteiger partial charge in [-0.25, -0.2) is 0 Å². The molecule has 1 fully saturated rings. The predicted octanol–water partition coefficient (Wildman–Crippen LogP) is 5.46. The van der Waals surface area contributed by atoms with E-state index in [0.717, 1.165) is 31.4 Å². The van der Waals surface area contributed by atoms with Gasteiger partial charge < -0.3 is 19.3 Å². The Morgan fingerprint density at radius 3 is 2.81 bits per heavy atom. The number of Topliss-reactive ketones (excluding diaryl/α,β-unsaturated/α-hetero) is 1. The first-order chi connectivity index (χ1) is 17.5. The van der Waals surface area contributed by atoms with Crippen LogP contribution in [0, 0.1) is 6.92 Å². The molecule has 2 aliphatic rings. The van der Waals surface area contributed by atoms with Crippen LogP contribution in [-0.2, 0) is 6.54 Å². The fourth-order valence-corrected chi connectivity index (χ4v) is 5.23. The first-order valence-corrected chi connectivity index (χ1v) is 12.2. The molecule has 0 radical (unpaired) electrons. The van der Waals surface area contributed by atoms with Crippen molar-refractivity contribution >= 4 is 11.9 Å². The van der Waals surface area contributed by atoms with Crippen LogP contribution in [0.3, 0.4) is 0 Å². The Bertz CT molecular complexity index is 1320. The van der Waals surface area contributed by atoms with Gasteiger partial charge in [-0.3, -0.25) is 14.7 Å². The number of benzene rings is 2. The van der Waals surface area contributed by atoms with Gasteiger partial charge in [0, 0.05) is 30.5 Å². The van der Waals surface area contributed by atoms with Crippen LogP contribution < -0.4 is 14.2 Å². The predicted molar refractivity (Wildman–Crippen MR) is 137 cm³/mol. The number of rotatable bonds is 6. The van der Waals surface area contributed by atoms with Gasteiger partial charge in [-0.2, -0.15) is 0 Å². The lowest BCUT2D eigenvalue weighted by atomic mass is 9.94. The number of phenols is 1. The molecular formula is C29H30N2O5. The van der Waals surface area contributed by atoms with Gasteiger partial charge in [0.05, 0.1) is 25.3 Å². The van der Waals surface area contributed by atoms with Crippen molar-refractivity contribution < 1.29 is 24.1 Å². The smallest absolute Gasteiger partial charge is 0.232 e. The molecule has 1 aromatic heterocycles. The molecule has 3 aromatic rings. The highest BCUT2D eigenvalue weighted by Crippen LogP contribution is 2.44. The number of hydrogen-bond donors (Lipinski definition) is 1. The third kappa shape index (κ3) is 4.31. The summed E-state index contributed by atoms with van der Waals surface area (Å²) in [4.78, 5) is 20.1. The number of ether oxygens (including phenoxy) is 3. The van der Waals surface area contributed by atoms with Crippen LogP contribution in [0.4, 0.5) is 0 Å². The maximum atomic E-state index is 13.4. The number of carbonyl (C=O) groups is 1. The van der Waals surface area contributed by atoms with Crippen LogP contribution >= 0.6 is 0 Å². The molecule has 0 amide bonds. The molecule has 0 unspecified atom stereocenters. The number of carbonyl (C=O) groups excluding carboxylic acids is 1. The number of hydrogen-bond acceptors (Lipinski definition) is 7. The molecule has 1 saturated heterocycles. The number of fused-ring (bicyclic) bond motifs is 1. The van der Waals surface area contributed by atoms with Crippen molar-refractivity contribution in [1.29, 1.82) is 0 Å². The average Bonchev–Trinajstić information content (AvgIpc) is 3.23. The van der Waals surface area contributed by atoms with Crippen molar-refractivity contribution in [3.8, 4) is 23.0 Å². The molecule has 0 spiro atoms. The summed E-state index contributed by atoms with van der Waals surface area (Å²) < 4.78 is 17.1. The quantitative estimate of drug-likeness (QED) is 0.464. The Balaban J connectivity index is 1.52. The van der Waals surface area contributed by atoms with Crippen molar-refractivity contribution in [2.75, 3.05) is 20.8 Å². The lowest BCUT2D eigenvalue weighted by molar-refractivity contribution is 0.101. The van der Waals surface area contributed by atoms with E-state index < -0.39 is 0 Å². The van der Waals surface area contributed by atoms with E-state index >= 15 is 0 Å².